The number of esters is 1. The molecule has 0 N–H and O–H groups in total. The van der Waals surface area contributed by atoms with E-state index in [-0.39, 0.29) is 24.2 Å². The summed E-state index contributed by atoms with van der Waals surface area (Å²) in [6.45, 7) is 0.375. The second-order valence-corrected chi connectivity index (χ2v) is 5.74. The van der Waals surface area contributed by atoms with E-state index in [9.17, 15) is 9.59 Å². The molecule has 1 unspecified atom stereocenters. The number of carbonyl (C=O) groups is 2. The van der Waals surface area contributed by atoms with Gasteiger partial charge in [-0.25, -0.2) is 0 Å². The first-order valence-electron chi connectivity index (χ1n) is 5.36. The van der Waals surface area contributed by atoms with E-state index in [1.807, 2.05) is 18.2 Å². The Morgan fingerprint density at radius 2 is 2.11 bits per heavy atom. The van der Waals surface area contributed by atoms with Gasteiger partial charge in [0, 0.05) is 27.6 Å². The molecule has 0 radical (unpaired) electrons. The van der Waals surface area contributed by atoms with Crippen molar-refractivity contribution in [3.63, 3.8) is 0 Å². The zero-order valence-electron chi connectivity index (χ0n) is 9.65. The van der Waals surface area contributed by atoms with Crippen LogP contribution in [0, 0.1) is 5.92 Å². The fourth-order valence-corrected chi connectivity index (χ4v) is 2.55. The van der Waals surface area contributed by atoms with Crippen molar-refractivity contribution in [2.45, 2.75) is 6.42 Å². The average Bonchev–Trinajstić information content (AvgIpc) is 2.74. The van der Waals surface area contributed by atoms with Gasteiger partial charge >= 0.3 is 5.97 Å². The van der Waals surface area contributed by atoms with Crippen LogP contribution in [-0.2, 0) is 14.3 Å². The molecule has 18 heavy (non-hydrogen) atoms. The Morgan fingerprint density at radius 3 is 2.72 bits per heavy atom. The minimum Gasteiger partial charge on any atom is -0.469 e. The molecule has 0 bridgehead atoms. The lowest BCUT2D eigenvalue weighted by atomic mass is 10.1. The maximum absolute atomic E-state index is 11.9. The minimum absolute atomic E-state index is 0.0559. The Kier molecular flexibility index (Phi) is 4.07. The molecule has 96 valence electrons. The molecule has 1 aliphatic rings. The van der Waals surface area contributed by atoms with Gasteiger partial charge in [0.05, 0.1) is 13.0 Å². The molecule has 1 saturated heterocycles. The van der Waals surface area contributed by atoms with Gasteiger partial charge in [0.25, 0.3) is 0 Å². The average molecular weight is 377 g/mol. The number of nitrogens with zero attached hydrogens (tertiary/aromatic N) is 1. The predicted molar refractivity (Wildman–Crippen MR) is 74.3 cm³/mol. The lowest BCUT2D eigenvalue weighted by molar-refractivity contribution is -0.145. The van der Waals surface area contributed by atoms with E-state index in [1.165, 1.54) is 7.11 Å². The van der Waals surface area contributed by atoms with Crippen LogP contribution in [0.1, 0.15) is 6.42 Å². The monoisotopic (exact) mass is 375 g/mol. The van der Waals surface area contributed by atoms with Crippen molar-refractivity contribution in [1.82, 2.24) is 0 Å². The summed E-state index contributed by atoms with van der Waals surface area (Å²) < 4.78 is 6.46. The number of anilines is 1. The minimum atomic E-state index is -0.370. The van der Waals surface area contributed by atoms with Crippen molar-refractivity contribution in [3.05, 3.63) is 27.1 Å². The zero-order chi connectivity index (χ0) is 13.3. The number of amides is 1. The van der Waals surface area contributed by atoms with Crippen LogP contribution in [-0.4, -0.2) is 25.5 Å². The number of halogens is 2. The van der Waals surface area contributed by atoms with Gasteiger partial charge in [-0.15, -0.1) is 0 Å². The number of ether oxygens (including phenoxy) is 1. The molecular formula is C12H11Br2NO3. The maximum Gasteiger partial charge on any atom is 0.311 e. The molecule has 0 saturated carbocycles. The Balaban J connectivity index is 2.21. The van der Waals surface area contributed by atoms with E-state index in [4.69, 9.17) is 0 Å². The Hall–Kier alpha value is -0.880. The Labute approximate surface area is 122 Å². The summed E-state index contributed by atoms with van der Waals surface area (Å²) in [4.78, 5) is 24.9. The van der Waals surface area contributed by atoms with Crippen LogP contribution in [0.2, 0.25) is 0 Å². The van der Waals surface area contributed by atoms with Gasteiger partial charge in [0.15, 0.2) is 0 Å². The summed E-state index contributed by atoms with van der Waals surface area (Å²) in [5.41, 5.74) is 0.779. The van der Waals surface area contributed by atoms with Crippen molar-refractivity contribution >= 4 is 49.4 Å². The molecule has 0 aliphatic carbocycles. The van der Waals surface area contributed by atoms with Crippen LogP contribution >= 0.6 is 31.9 Å². The smallest absolute Gasteiger partial charge is 0.311 e. The SMILES string of the molecule is COC(=O)C1CC(=O)N(c2ccc(Br)c(Br)c2)C1. The first-order valence-corrected chi connectivity index (χ1v) is 6.94. The van der Waals surface area contributed by atoms with E-state index in [1.54, 1.807) is 4.90 Å². The number of hydrogen-bond donors (Lipinski definition) is 0. The number of carbonyl (C=O) groups excluding carboxylic acids is 2. The van der Waals surface area contributed by atoms with Crippen LogP contribution in [0.5, 0.6) is 0 Å². The van der Waals surface area contributed by atoms with E-state index in [0.29, 0.717) is 6.54 Å². The lowest BCUT2D eigenvalue weighted by Crippen LogP contribution is -2.26. The maximum atomic E-state index is 11.9. The first-order chi connectivity index (χ1) is 8.52. The summed E-state index contributed by atoms with van der Waals surface area (Å²) in [5, 5.41) is 0. The largest absolute Gasteiger partial charge is 0.469 e. The van der Waals surface area contributed by atoms with Crippen LogP contribution in [0.4, 0.5) is 5.69 Å². The first kappa shape index (κ1) is 13.5. The highest BCUT2D eigenvalue weighted by atomic mass is 79.9. The van der Waals surface area contributed by atoms with Gasteiger partial charge in [-0.05, 0) is 50.1 Å². The van der Waals surface area contributed by atoms with Crippen LogP contribution in [0.3, 0.4) is 0 Å². The number of methoxy groups -OCH3 is 1. The summed E-state index contributed by atoms with van der Waals surface area (Å²) in [6.07, 6.45) is 0.209. The fourth-order valence-electron chi connectivity index (χ4n) is 1.93. The van der Waals surface area contributed by atoms with E-state index in [2.05, 4.69) is 36.6 Å². The third-order valence-electron chi connectivity index (χ3n) is 2.87. The van der Waals surface area contributed by atoms with Gasteiger partial charge in [-0.1, -0.05) is 0 Å². The van der Waals surface area contributed by atoms with Gasteiger partial charge in [0.2, 0.25) is 5.91 Å². The summed E-state index contributed by atoms with van der Waals surface area (Å²) in [5.74, 6) is -0.758. The molecule has 2 rings (SSSR count). The highest BCUT2D eigenvalue weighted by Crippen LogP contribution is 2.31. The molecular weight excluding hydrogens is 366 g/mol. The molecule has 6 heteroatoms. The van der Waals surface area contributed by atoms with Crippen molar-refractivity contribution in [3.8, 4) is 0 Å². The van der Waals surface area contributed by atoms with E-state index >= 15 is 0 Å². The quantitative estimate of drug-likeness (QED) is 0.745. The van der Waals surface area contributed by atoms with E-state index < -0.39 is 0 Å². The lowest BCUT2D eigenvalue weighted by Gasteiger charge is -2.17. The summed E-state index contributed by atoms with van der Waals surface area (Å²) in [6, 6.07) is 5.55. The molecule has 4 nitrogen and oxygen atoms in total. The van der Waals surface area contributed by atoms with Crippen molar-refractivity contribution < 1.29 is 14.3 Å². The molecule has 1 aromatic carbocycles. The Morgan fingerprint density at radius 1 is 1.39 bits per heavy atom. The second kappa shape index (κ2) is 5.40. The number of hydrogen-bond acceptors (Lipinski definition) is 3. The molecule has 1 heterocycles. The molecule has 1 fully saturated rings. The standard InChI is InChI=1S/C12H11Br2NO3/c1-18-12(17)7-4-11(16)15(6-7)8-2-3-9(13)10(14)5-8/h2-3,5,7H,4,6H2,1H3. The Bertz CT molecular complexity index is 504. The van der Waals surface area contributed by atoms with Crippen LogP contribution in [0.25, 0.3) is 0 Å². The summed E-state index contributed by atoms with van der Waals surface area (Å²) in [7, 11) is 1.34. The van der Waals surface area contributed by atoms with Crippen LogP contribution in [0.15, 0.2) is 27.1 Å². The van der Waals surface area contributed by atoms with E-state index in [0.717, 1.165) is 14.6 Å². The second-order valence-electron chi connectivity index (χ2n) is 4.03. The molecule has 0 aromatic heterocycles. The number of rotatable bonds is 2. The molecule has 1 amide bonds. The van der Waals surface area contributed by atoms with Crippen LogP contribution < -0.4 is 4.90 Å². The van der Waals surface area contributed by atoms with Crippen molar-refractivity contribution in [1.29, 1.82) is 0 Å². The third kappa shape index (κ3) is 2.59. The van der Waals surface area contributed by atoms with Gasteiger partial charge < -0.3 is 9.64 Å². The van der Waals surface area contributed by atoms with Gasteiger partial charge in [-0.3, -0.25) is 9.59 Å². The highest BCUT2D eigenvalue weighted by Gasteiger charge is 2.35. The molecule has 1 aliphatic heterocycles. The molecule has 1 atom stereocenters. The molecule has 0 spiro atoms. The summed E-state index contributed by atoms with van der Waals surface area (Å²) >= 11 is 6.77. The molecule has 1 aromatic rings. The fraction of sp³-hybridized carbons (Fsp3) is 0.333. The topological polar surface area (TPSA) is 46.6 Å². The van der Waals surface area contributed by atoms with Gasteiger partial charge in [0.1, 0.15) is 0 Å². The van der Waals surface area contributed by atoms with Crippen molar-refractivity contribution in [2.24, 2.45) is 5.92 Å². The normalized spacial score (nSPS) is 19.2. The van der Waals surface area contributed by atoms with Crippen molar-refractivity contribution in [2.75, 3.05) is 18.6 Å². The zero-order valence-corrected chi connectivity index (χ0v) is 12.8. The number of benzene rings is 1. The van der Waals surface area contributed by atoms with Gasteiger partial charge in [-0.2, -0.15) is 0 Å². The third-order valence-corrected chi connectivity index (χ3v) is 4.75. The predicted octanol–water partition coefficient (Wildman–Crippen LogP) is 2.74. The highest BCUT2D eigenvalue weighted by molar-refractivity contribution is 9.13.